The smallest absolute Gasteiger partial charge is 0.0968 e. The van der Waals surface area contributed by atoms with Crippen LogP contribution in [0.5, 0.6) is 0 Å². The van der Waals surface area contributed by atoms with Gasteiger partial charge in [-0.2, -0.15) is 0 Å². The summed E-state index contributed by atoms with van der Waals surface area (Å²) in [5, 5.41) is 8.74. The number of nitrogens with zero attached hydrogens (tertiary/aromatic N) is 1. The highest BCUT2D eigenvalue weighted by molar-refractivity contribution is 5.81. The Morgan fingerprint density at radius 2 is 2.04 bits per heavy atom. The summed E-state index contributed by atoms with van der Waals surface area (Å²) in [6, 6.07) is 0.327. The van der Waals surface area contributed by atoms with Crippen molar-refractivity contribution in [3.8, 4) is 0 Å². The maximum absolute atomic E-state index is 8.74. The van der Waals surface area contributed by atoms with Crippen LogP contribution in [0.25, 0.3) is 0 Å². The van der Waals surface area contributed by atoms with Crippen LogP contribution in [0.15, 0.2) is 59.3 Å². The molecular weight excluding hydrogens is 280 g/mol. The van der Waals surface area contributed by atoms with Crippen LogP contribution >= 0.6 is 0 Å². The van der Waals surface area contributed by atoms with E-state index in [1.807, 2.05) is 0 Å². The summed E-state index contributed by atoms with van der Waals surface area (Å²) < 4.78 is 0. The van der Waals surface area contributed by atoms with Crippen LogP contribution in [0.2, 0.25) is 0 Å². The molecule has 0 aromatic heterocycles. The first kappa shape index (κ1) is 16.0. The van der Waals surface area contributed by atoms with Crippen LogP contribution in [-0.2, 0) is 0 Å². The first-order chi connectivity index (χ1) is 11.2. The highest BCUT2D eigenvalue weighted by Crippen LogP contribution is 2.32. The van der Waals surface area contributed by atoms with Crippen LogP contribution < -0.4 is 0 Å². The molecule has 0 saturated carbocycles. The van der Waals surface area contributed by atoms with Gasteiger partial charge >= 0.3 is 0 Å². The molecule has 2 aliphatic carbocycles. The Morgan fingerprint density at radius 3 is 2.83 bits per heavy atom. The van der Waals surface area contributed by atoms with Crippen LogP contribution in [0, 0.1) is 11.3 Å². The molecule has 0 amide bonds. The van der Waals surface area contributed by atoms with E-state index in [0.29, 0.717) is 12.0 Å². The van der Waals surface area contributed by atoms with Gasteiger partial charge in [0.25, 0.3) is 0 Å². The SMILES string of the molecule is CC1=C2/C(C)=C/C=C\CN(C(=N)CC3CC=CCC3)C2CC=C1. The van der Waals surface area contributed by atoms with Gasteiger partial charge in [0.15, 0.2) is 0 Å². The zero-order chi connectivity index (χ0) is 16.2. The lowest BCUT2D eigenvalue weighted by Crippen LogP contribution is -2.43. The van der Waals surface area contributed by atoms with Crippen molar-refractivity contribution in [3.63, 3.8) is 0 Å². The lowest BCUT2D eigenvalue weighted by molar-refractivity contribution is 0.352. The normalized spacial score (nSPS) is 31.0. The zero-order valence-corrected chi connectivity index (χ0v) is 14.4. The van der Waals surface area contributed by atoms with Crippen molar-refractivity contribution in [2.75, 3.05) is 6.54 Å². The molecule has 0 fully saturated rings. The van der Waals surface area contributed by atoms with Crippen molar-refractivity contribution in [2.45, 2.75) is 52.0 Å². The van der Waals surface area contributed by atoms with E-state index in [1.54, 1.807) is 0 Å². The van der Waals surface area contributed by atoms with Gasteiger partial charge in [0.1, 0.15) is 0 Å². The third kappa shape index (κ3) is 3.57. The van der Waals surface area contributed by atoms with E-state index in [2.05, 4.69) is 61.3 Å². The van der Waals surface area contributed by atoms with Crippen molar-refractivity contribution in [3.05, 3.63) is 59.3 Å². The Morgan fingerprint density at radius 1 is 1.17 bits per heavy atom. The summed E-state index contributed by atoms with van der Waals surface area (Å²) in [5.41, 5.74) is 4.11. The summed E-state index contributed by atoms with van der Waals surface area (Å²) in [4.78, 5) is 2.33. The summed E-state index contributed by atoms with van der Waals surface area (Å²) in [5.74, 6) is 1.46. The number of hydrogen-bond acceptors (Lipinski definition) is 1. The Balaban J connectivity index is 1.82. The Hall–Kier alpha value is -1.83. The monoisotopic (exact) mass is 308 g/mol. The number of hydrogen-bond donors (Lipinski definition) is 1. The fraction of sp³-hybridized carbons (Fsp3) is 0.476. The lowest BCUT2D eigenvalue weighted by atomic mass is 9.85. The zero-order valence-electron chi connectivity index (χ0n) is 14.4. The van der Waals surface area contributed by atoms with Crippen molar-refractivity contribution >= 4 is 5.84 Å². The Bertz CT molecular complexity index is 616. The van der Waals surface area contributed by atoms with Crippen molar-refractivity contribution in [1.82, 2.24) is 4.90 Å². The number of allylic oxidation sites excluding steroid dienone is 6. The van der Waals surface area contributed by atoms with Crippen LogP contribution in [0.4, 0.5) is 0 Å². The molecule has 1 N–H and O–H groups in total. The molecule has 2 nitrogen and oxygen atoms in total. The average molecular weight is 308 g/mol. The van der Waals surface area contributed by atoms with Crippen molar-refractivity contribution in [1.29, 1.82) is 5.41 Å². The van der Waals surface area contributed by atoms with Gasteiger partial charge in [0, 0.05) is 13.0 Å². The predicted molar refractivity (Wildman–Crippen MR) is 98.7 cm³/mol. The highest BCUT2D eigenvalue weighted by Gasteiger charge is 2.28. The fourth-order valence-electron chi connectivity index (χ4n) is 4.04. The molecule has 1 aliphatic heterocycles. The Kier molecular flexibility index (Phi) is 5.00. The largest absolute Gasteiger partial charge is 0.349 e. The molecule has 0 bridgehead atoms. The van der Waals surface area contributed by atoms with Crippen LogP contribution in [-0.4, -0.2) is 23.3 Å². The fourth-order valence-corrected chi connectivity index (χ4v) is 4.04. The van der Waals surface area contributed by atoms with Crippen LogP contribution in [0.3, 0.4) is 0 Å². The number of amidine groups is 1. The first-order valence-corrected chi connectivity index (χ1v) is 8.87. The first-order valence-electron chi connectivity index (χ1n) is 8.87. The third-order valence-electron chi connectivity index (χ3n) is 5.28. The van der Waals surface area contributed by atoms with Gasteiger partial charge < -0.3 is 4.90 Å². The minimum absolute atomic E-state index is 0.327. The van der Waals surface area contributed by atoms with Gasteiger partial charge in [-0.05, 0) is 62.2 Å². The van der Waals surface area contributed by atoms with Gasteiger partial charge in [0.2, 0.25) is 0 Å². The van der Waals surface area contributed by atoms with Gasteiger partial charge in [-0.25, -0.2) is 0 Å². The molecule has 0 aromatic carbocycles. The molecule has 2 heteroatoms. The number of nitrogens with one attached hydrogen (secondary N) is 1. The molecule has 1 heterocycles. The summed E-state index contributed by atoms with van der Waals surface area (Å²) in [6.45, 7) is 5.25. The topological polar surface area (TPSA) is 27.1 Å². The number of rotatable bonds is 2. The molecule has 3 aliphatic rings. The minimum atomic E-state index is 0.327. The maximum atomic E-state index is 8.74. The van der Waals surface area contributed by atoms with E-state index in [4.69, 9.17) is 5.41 Å². The maximum Gasteiger partial charge on any atom is 0.0968 e. The van der Waals surface area contributed by atoms with E-state index >= 15 is 0 Å². The molecule has 0 aromatic rings. The van der Waals surface area contributed by atoms with E-state index < -0.39 is 0 Å². The second-order valence-electron chi connectivity index (χ2n) is 6.98. The van der Waals surface area contributed by atoms with Gasteiger partial charge in [0.05, 0.1) is 11.9 Å². The van der Waals surface area contributed by atoms with Crippen molar-refractivity contribution in [2.24, 2.45) is 5.92 Å². The molecule has 0 spiro atoms. The third-order valence-corrected chi connectivity index (χ3v) is 5.28. The van der Waals surface area contributed by atoms with E-state index in [-0.39, 0.29) is 0 Å². The molecule has 2 unspecified atom stereocenters. The van der Waals surface area contributed by atoms with Gasteiger partial charge in [-0.1, -0.05) is 42.5 Å². The summed E-state index contributed by atoms with van der Waals surface area (Å²) >= 11 is 0. The summed E-state index contributed by atoms with van der Waals surface area (Å²) in [6.07, 6.45) is 21.1. The Labute approximate surface area is 140 Å². The minimum Gasteiger partial charge on any atom is -0.349 e. The van der Waals surface area contributed by atoms with Gasteiger partial charge in [-0.15, -0.1) is 0 Å². The summed E-state index contributed by atoms with van der Waals surface area (Å²) in [7, 11) is 0. The van der Waals surface area contributed by atoms with Crippen LogP contribution in [0.1, 0.15) is 46.0 Å². The molecular formula is C21H28N2. The van der Waals surface area contributed by atoms with E-state index in [0.717, 1.165) is 31.6 Å². The molecule has 0 radical (unpaired) electrons. The molecule has 122 valence electrons. The standard InChI is InChI=1S/C21H28N2/c1-16-9-6-7-14-23(19-13-8-10-17(2)21(16)19)20(22)15-18-11-4-3-5-12-18/h3-4,6-10,18-19,22H,5,11-15H2,1-2H3/b7-6-,16-9+,22-20?. The molecule has 3 rings (SSSR count). The second kappa shape index (κ2) is 7.16. The quantitative estimate of drug-likeness (QED) is 0.425. The number of fused-ring (bicyclic) bond motifs is 1. The second-order valence-corrected chi connectivity index (χ2v) is 6.98. The van der Waals surface area contributed by atoms with E-state index in [9.17, 15) is 0 Å². The highest BCUT2D eigenvalue weighted by atomic mass is 15.2. The average Bonchev–Trinajstić information content (AvgIpc) is 2.53. The molecule has 23 heavy (non-hydrogen) atoms. The van der Waals surface area contributed by atoms with Crippen molar-refractivity contribution < 1.29 is 0 Å². The molecule has 0 saturated heterocycles. The van der Waals surface area contributed by atoms with E-state index in [1.165, 1.54) is 29.6 Å². The molecule has 2 atom stereocenters. The lowest BCUT2D eigenvalue weighted by Gasteiger charge is -2.38. The predicted octanol–water partition coefficient (Wildman–Crippen LogP) is 5.17. The van der Waals surface area contributed by atoms with Gasteiger partial charge in [-0.3, -0.25) is 5.41 Å².